The fraction of sp³-hybridized carbons (Fsp3) is 0.290. The molecule has 1 fully saturated rings. The molecule has 1 amide bonds. The highest BCUT2D eigenvalue weighted by atomic mass is 16.5. The standard InChI is InChI=1S/C31H33NO5/c1-19(2)37-24-16-10-20(11-17-24)27-26(28(33)21-8-7-9-25(18-21)36-6)29(34)30(35)32(27)23-14-12-22(13-15-23)31(3,4)5/h7-19,27,33H,1-6H3/b28-26+. The summed E-state index contributed by atoms with van der Waals surface area (Å²) in [7, 11) is 1.53. The van der Waals surface area contributed by atoms with Crippen LogP contribution < -0.4 is 14.4 Å². The summed E-state index contributed by atoms with van der Waals surface area (Å²) >= 11 is 0. The Morgan fingerprint density at radius 2 is 1.57 bits per heavy atom. The third kappa shape index (κ3) is 5.24. The lowest BCUT2D eigenvalue weighted by atomic mass is 9.87. The predicted molar refractivity (Wildman–Crippen MR) is 145 cm³/mol. The van der Waals surface area contributed by atoms with Gasteiger partial charge in [0.05, 0.1) is 24.8 Å². The van der Waals surface area contributed by atoms with Crippen molar-refractivity contribution in [2.75, 3.05) is 12.0 Å². The summed E-state index contributed by atoms with van der Waals surface area (Å²) in [5.74, 6) is -0.479. The highest BCUT2D eigenvalue weighted by Crippen LogP contribution is 2.43. The number of aliphatic hydroxyl groups is 1. The van der Waals surface area contributed by atoms with Crippen LogP contribution in [0.1, 0.15) is 57.4 Å². The first kappa shape index (κ1) is 26.0. The second kappa shape index (κ2) is 10.1. The van der Waals surface area contributed by atoms with Gasteiger partial charge in [-0.05, 0) is 66.8 Å². The van der Waals surface area contributed by atoms with Crippen molar-refractivity contribution in [1.82, 2.24) is 0 Å². The second-order valence-electron chi connectivity index (χ2n) is 10.4. The molecule has 1 aliphatic rings. The number of hydrogen-bond acceptors (Lipinski definition) is 5. The molecule has 0 saturated carbocycles. The van der Waals surface area contributed by atoms with E-state index in [1.807, 2.05) is 62.4 Å². The smallest absolute Gasteiger partial charge is 0.300 e. The number of ether oxygens (including phenoxy) is 2. The molecule has 0 aliphatic carbocycles. The van der Waals surface area contributed by atoms with Gasteiger partial charge in [-0.3, -0.25) is 14.5 Å². The zero-order valence-corrected chi connectivity index (χ0v) is 22.1. The molecular weight excluding hydrogens is 466 g/mol. The number of hydrogen-bond donors (Lipinski definition) is 1. The largest absolute Gasteiger partial charge is 0.507 e. The molecule has 0 bridgehead atoms. The Balaban J connectivity index is 1.88. The first-order valence-corrected chi connectivity index (χ1v) is 12.3. The van der Waals surface area contributed by atoms with Crippen molar-refractivity contribution in [2.45, 2.75) is 52.2 Å². The summed E-state index contributed by atoms with van der Waals surface area (Å²) in [4.78, 5) is 28.3. The van der Waals surface area contributed by atoms with Crippen LogP contribution in [0.5, 0.6) is 11.5 Å². The molecule has 0 aromatic heterocycles. The molecule has 1 saturated heterocycles. The minimum atomic E-state index is -0.820. The van der Waals surface area contributed by atoms with Crippen LogP contribution in [0.3, 0.4) is 0 Å². The van der Waals surface area contributed by atoms with Gasteiger partial charge in [-0.25, -0.2) is 0 Å². The Labute approximate surface area is 218 Å². The van der Waals surface area contributed by atoms with Crippen molar-refractivity contribution < 1.29 is 24.2 Å². The molecule has 4 rings (SSSR count). The van der Waals surface area contributed by atoms with Gasteiger partial charge in [0.2, 0.25) is 0 Å². The maximum Gasteiger partial charge on any atom is 0.300 e. The first-order chi connectivity index (χ1) is 17.5. The van der Waals surface area contributed by atoms with Crippen molar-refractivity contribution in [2.24, 2.45) is 0 Å². The van der Waals surface area contributed by atoms with Crippen LogP contribution in [-0.4, -0.2) is 30.0 Å². The molecule has 192 valence electrons. The van der Waals surface area contributed by atoms with E-state index in [2.05, 4.69) is 20.8 Å². The summed E-state index contributed by atoms with van der Waals surface area (Å²) in [5, 5.41) is 11.3. The fourth-order valence-electron chi connectivity index (χ4n) is 4.46. The SMILES string of the molecule is COc1cccc(/C(O)=C2\C(=O)C(=O)N(c3ccc(C(C)(C)C)cc3)C2c2ccc(OC(C)C)cc2)c1. The van der Waals surface area contributed by atoms with Crippen LogP contribution in [0.15, 0.2) is 78.4 Å². The number of nitrogens with zero attached hydrogens (tertiary/aromatic N) is 1. The van der Waals surface area contributed by atoms with E-state index in [4.69, 9.17) is 9.47 Å². The van der Waals surface area contributed by atoms with E-state index >= 15 is 0 Å². The highest BCUT2D eigenvalue weighted by molar-refractivity contribution is 6.51. The molecule has 3 aromatic carbocycles. The van der Waals surface area contributed by atoms with Crippen LogP contribution in [0.4, 0.5) is 5.69 Å². The summed E-state index contributed by atoms with van der Waals surface area (Å²) < 4.78 is 11.1. The third-order valence-electron chi connectivity index (χ3n) is 6.37. The van der Waals surface area contributed by atoms with E-state index in [1.165, 1.54) is 12.0 Å². The predicted octanol–water partition coefficient (Wildman–Crippen LogP) is 6.41. The summed E-state index contributed by atoms with van der Waals surface area (Å²) in [6.45, 7) is 10.2. The fourth-order valence-corrected chi connectivity index (χ4v) is 4.46. The maximum atomic E-state index is 13.4. The molecular formula is C31H33NO5. The lowest BCUT2D eigenvalue weighted by molar-refractivity contribution is -0.132. The number of benzene rings is 3. The Kier molecular flexibility index (Phi) is 7.12. The zero-order valence-electron chi connectivity index (χ0n) is 22.1. The van der Waals surface area contributed by atoms with Gasteiger partial charge in [0.1, 0.15) is 17.3 Å². The van der Waals surface area contributed by atoms with Crippen LogP contribution in [0.2, 0.25) is 0 Å². The zero-order chi connectivity index (χ0) is 26.9. The minimum Gasteiger partial charge on any atom is -0.507 e. The van der Waals surface area contributed by atoms with Gasteiger partial charge in [0, 0.05) is 11.3 Å². The maximum absolute atomic E-state index is 13.4. The molecule has 1 aliphatic heterocycles. The van der Waals surface area contributed by atoms with Crippen LogP contribution in [-0.2, 0) is 15.0 Å². The van der Waals surface area contributed by atoms with Crippen molar-refractivity contribution >= 4 is 23.1 Å². The molecule has 6 nitrogen and oxygen atoms in total. The van der Waals surface area contributed by atoms with E-state index in [-0.39, 0.29) is 22.9 Å². The number of ketones is 1. The number of Topliss-reactive ketones (excluding diaryl/α,β-unsaturated/α-hetero) is 1. The Morgan fingerprint density at radius 3 is 2.14 bits per heavy atom. The molecule has 1 unspecified atom stereocenters. The highest BCUT2D eigenvalue weighted by Gasteiger charge is 2.47. The van der Waals surface area contributed by atoms with E-state index in [1.54, 1.807) is 24.3 Å². The molecule has 0 radical (unpaired) electrons. The molecule has 6 heteroatoms. The van der Waals surface area contributed by atoms with E-state index in [0.717, 1.165) is 5.56 Å². The van der Waals surface area contributed by atoms with E-state index in [9.17, 15) is 14.7 Å². The van der Waals surface area contributed by atoms with Crippen LogP contribution >= 0.6 is 0 Å². The summed E-state index contributed by atoms with van der Waals surface area (Å²) in [6.07, 6.45) is 0.00544. The van der Waals surface area contributed by atoms with E-state index in [0.29, 0.717) is 28.3 Å². The van der Waals surface area contributed by atoms with Crippen molar-refractivity contribution in [3.63, 3.8) is 0 Å². The van der Waals surface area contributed by atoms with Gasteiger partial charge in [-0.15, -0.1) is 0 Å². The first-order valence-electron chi connectivity index (χ1n) is 12.3. The summed E-state index contributed by atoms with van der Waals surface area (Å²) in [5.41, 5.74) is 2.72. The third-order valence-corrected chi connectivity index (χ3v) is 6.37. The van der Waals surface area contributed by atoms with Gasteiger partial charge in [0.25, 0.3) is 11.7 Å². The van der Waals surface area contributed by atoms with E-state index < -0.39 is 17.7 Å². The monoisotopic (exact) mass is 499 g/mol. The molecule has 1 N–H and O–H groups in total. The molecule has 1 heterocycles. The molecule has 1 atom stereocenters. The van der Waals surface area contributed by atoms with Crippen molar-refractivity contribution in [1.29, 1.82) is 0 Å². The Hall–Kier alpha value is -4.06. The Morgan fingerprint density at radius 1 is 0.919 bits per heavy atom. The second-order valence-corrected chi connectivity index (χ2v) is 10.4. The molecule has 37 heavy (non-hydrogen) atoms. The number of anilines is 1. The molecule has 3 aromatic rings. The quantitative estimate of drug-likeness (QED) is 0.241. The van der Waals surface area contributed by atoms with Crippen molar-refractivity contribution in [3.05, 3.63) is 95.1 Å². The average Bonchev–Trinajstić information content (AvgIpc) is 3.13. The van der Waals surface area contributed by atoms with Gasteiger partial charge >= 0.3 is 0 Å². The van der Waals surface area contributed by atoms with Gasteiger partial charge < -0.3 is 14.6 Å². The average molecular weight is 500 g/mol. The number of carbonyl (C=O) groups excluding carboxylic acids is 2. The topological polar surface area (TPSA) is 76.1 Å². The number of carbonyl (C=O) groups is 2. The summed E-state index contributed by atoms with van der Waals surface area (Å²) in [6, 6.07) is 20.9. The van der Waals surface area contributed by atoms with Gasteiger partial charge in [-0.1, -0.05) is 57.2 Å². The van der Waals surface area contributed by atoms with Crippen molar-refractivity contribution in [3.8, 4) is 11.5 Å². The number of amides is 1. The van der Waals surface area contributed by atoms with Gasteiger partial charge in [-0.2, -0.15) is 0 Å². The normalized spacial score (nSPS) is 17.4. The Bertz CT molecular complexity index is 1330. The number of rotatable bonds is 6. The van der Waals surface area contributed by atoms with Gasteiger partial charge in [0.15, 0.2) is 0 Å². The number of methoxy groups -OCH3 is 1. The van der Waals surface area contributed by atoms with Crippen LogP contribution in [0, 0.1) is 0 Å². The lowest BCUT2D eigenvalue weighted by Gasteiger charge is -2.27. The molecule has 0 spiro atoms. The minimum absolute atomic E-state index is 0.00544. The number of aliphatic hydroxyl groups excluding tert-OH is 1. The lowest BCUT2D eigenvalue weighted by Crippen LogP contribution is -2.29. The van der Waals surface area contributed by atoms with Crippen LogP contribution in [0.25, 0.3) is 5.76 Å².